The Morgan fingerprint density at radius 3 is 2.23 bits per heavy atom. The average molecular weight is 322 g/mol. The number of nitrogens with one attached hydrogen (secondary N) is 1. The number of likely N-dealkylation sites (tertiary alicyclic amines) is 1. The maximum absolute atomic E-state index is 5.47. The van der Waals surface area contributed by atoms with Crippen LogP contribution in [-0.2, 0) is 6.54 Å². The Labute approximate surface area is 140 Å². The van der Waals surface area contributed by atoms with Crippen LogP contribution in [0.15, 0.2) is 29.2 Å². The number of nitrogens with two attached hydrogens (primary N) is 1. The van der Waals surface area contributed by atoms with Gasteiger partial charge in [0.2, 0.25) is 0 Å². The molecule has 1 aromatic rings. The van der Waals surface area contributed by atoms with Crippen molar-refractivity contribution in [2.75, 3.05) is 19.6 Å². The second-order valence-electron chi connectivity index (χ2n) is 6.27. The Bertz CT molecular complexity index is 395. The molecule has 1 aliphatic heterocycles. The average Bonchev–Trinajstić information content (AvgIpc) is 3.27. The molecule has 0 bridgehead atoms. The van der Waals surface area contributed by atoms with E-state index in [1.54, 1.807) is 0 Å². The Kier molecular flexibility index (Phi) is 8.31. The third kappa shape index (κ3) is 6.29. The summed E-state index contributed by atoms with van der Waals surface area (Å²) < 4.78 is 0. The zero-order valence-electron chi connectivity index (χ0n) is 13.9. The lowest BCUT2D eigenvalue weighted by atomic mass is 10.2. The molecule has 1 aromatic carbocycles. The van der Waals surface area contributed by atoms with Crippen LogP contribution < -0.4 is 10.5 Å². The van der Waals surface area contributed by atoms with Gasteiger partial charge in [0, 0.05) is 17.5 Å². The van der Waals surface area contributed by atoms with Crippen LogP contribution in [0.1, 0.15) is 51.0 Å². The van der Waals surface area contributed by atoms with Crippen molar-refractivity contribution >= 4 is 11.9 Å². The summed E-state index contributed by atoms with van der Waals surface area (Å²) in [6.07, 6.45) is 8.32. The van der Waals surface area contributed by atoms with Crippen molar-refractivity contribution in [1.82, 2.24) is 10.2 Å². The van der Waals surface area contributed by atoms with E-state index in [1.807, 2.05) is 0 Å². The standard InChI is InChI=1S/C12H18N2S.C6H13N/c13-15-12-7-5-10(6-8-12)9-14-11-3-1-2-4-11;1-2-7-5-3-4-6-7/h5-8,11,14H,1-4,9,13H2;2-6H2,1H3. The molecule has 4 heteroatoms. The van der Waals surface area contributed by atoms with Crippen molar-refractivity contribution in [3.63, 3.8) is 0 Å². The van der Waals surface area contributed by atoms with E-state index in [0.717, 1.165) is 17.5 Å². The first-order valence-electron chi connectivity index (χ1n) is 8.73. The van der Waals surface area contributed by atoms with Gasteiger partial charge in [0.1, 0.15) is 0 Å². The van der Waals surface area contributed by atoms with Crippen molar-refractivity contribution in [3.8, 4) is 0 Å². The molecule has 0 atom stereocenters. The molecule has 0 spiro atoms. The third-order valence-electron chi connectivity index (χ3n) is 4.66. The van der Waals surface area contributed by atoms with Crippen molar-refractivity contribution in [2.24, 2.45) is 5.14 Å². The molecule has 0 radical (unpaired) electrons. The van der Waals surface area contributed by atoms with Gasteiger partial charge < -0.3 is 10.2 Å². The van der Waals surface area contributed by atoms with Gasteiger partial charge in [-0.25, -0.2) is 0 Å². The van der Waals surface area contributed by atoms with Crippen LogP contribution in [0, 0.1) is 0 Å². The monoisotopic (exact) mass is 321 g/mol. The molecular formula is C18H31N3S. The summed E-state index contributed by atoms with van der Waals surface area (Å²) in [5.41, 5.74) is 1.35. The predicted molar refractivity (Wildman–Crippen MR) is 96.9 cm³/mol. The second kappa shape index (κ2) is 10.3. The zero-order chi connectivity index (χ0) is 15.6. The normalized spacial score (nSPS) is 19.2. The van der Waals surface area contributed by atoms with Gasteiger partial charge in [-0.2, -0.15) is 0 Å². The summed E-state index contributed by atoms with van der Waals surface area (Å²) in [6, 6.07) is 9.20. The van der Waals surface area contributed by atoms with Crippen LogP contribution in [0.3, 0.4) is 0 Å². The molecule has 1 heterocycles. The molecule has 1 saturated carbocycles. The van der Waals surface area contributed by atoms with E-state index in [0.29, 0.717) is 0 Å². The lowest BCUT2D eigenvalue weighted by Crippen LogP contribution is -2.25. The molecule has 0 aromatic heterocycles. The fourth-order valence-electron chi connectivity index (χ4n) is 3.18. The topological polar surface area (TPSA) is 41.3 Å². The van der Waals surface area contributed by atoms with E-state index in [1.165, 1.54) is 75.7 Å². The van der Waals surface area contributed by atoms with Gasteiger partial charge in [-0.15, -0.1) is 0 Å². The Balaban J connectivity index is 0.000000211. The Morgan fingerprint density at radius 1 is 1.09 bits per heavy atom. The second-order valence-corrected chi connectivity index (χ2v) is 6.97. The van der Waals surface area contributed by atoms with Gasteiger partial charge in [0.25, 0.3) is 0 Å². The van der Waals surface area contributed by atoms with Gasteiger partial charge in [0.15, 0.2) is 0 Å². The fraction of sp³-hybridized carbons (Fsp3) is 0.667. The number of rotatable bonds is 5. The first-order chi connectivity index (χ1) is 10.8. The van der Waals surface area contributed by atoms with Gasteiger partial charge in [0.05, 0.1) is 0 Å². The molecule has 1 saturated heterocycles. The Morgan fingerprint density at radius 2 is 1.73 bits per heavy atom. The Hall–Kier alpha value is -0.550. The summed E-state index contributed by atoms with van der Waals surface area (Å²) >= 11 is 1.30. The van der Waals surface area contributed by atoms with E-state index in [2.05, 4.69) is 41.4 Å². The highest BCUT2D eigenvalue weighted by Crippen LogP contribution is 2.18. The van der Waals surface area contributed by atoms with Crippen LogP contribution in [0.4, 0.5) is 0 Å². The largest absolute Gasteiger partial charge is 0.310 e. The highest BCUT2D eigenvalue weighted by molar-refractivity contribution is 7.97. The first-order valence-corrected chi connectivity index (χ1v) is 9.61. The highest BCUT2D eigenvalue weighted by Gasteiger charge is 2.13. The predicted octanol–water partition coefficient (Wildman–Crippen LogP) is 3.79. The van der Waals surface area contributed by atoms with E-state index in [-0.39, 0.29) is 0 Å². The molecule has 124 valence electrons. The number of hydrogen-bond acceptors (Lipinski definition) is 4. The summed E-state index contributed by atoms with van der Waals surface area (Å²) in [6.45, 7) is 7.15. The van der Waals surface area contributed by atoms with Crippen molar-refractivity contribution < 1.29 is 0 Å². The van der Waals surface area contributed by atoms with Crippen molar-refractivity contribution in [1.29, 1.82) is 0 Å². The van der Waals surface area contributed by atoms with Gasteiger partial charge in [-0.3, -0.25) is 5.14 Å². The fourth-order valence-corrected chi connectivity index (χ4v) is 3.47. The quantitative estimate of drug-likeness (QED) is 0.810. The van der Waals surface area contributed by atoms with E-state index < -0.39 is 0 Å². The zero-order valence-corrected chi connectivity index (χ0v) is 14.7. The molecule has 3 N–H and O–H groups in total. The van der Waals surface area contributed by atoms with Crippen LogP contribution >= 0.6 is 11.9 Å². The lowest BCUT2D eigenvalue weighted by Gasteiger charge is -2.11. The molecule has 2 fully saturated rings. The summed E-state index contributed by atoms with van der Waals surface area (Å²) in [7, 11) is 0. The molecular weight excluding hydrogens is 290 g/mol. The third-order valence-corrected chi connectivity index (χ3v) is 5.20. The molecule has 1 aliphatic carbocycles. The molecule has 3 rings (SSSR count). The molecule has 2 aliphatic rings. The van der Waals surface area contributed by atoms with Gasteiger partial charge >= 0.3 is 0 Å². The SMILES string of the molecule is CCN1CCCC1.NSc1ccc(CNC2CCCC2)cc1. The van der Waals surface area contributed by atoms with Crippen molar-refractivity contribution in [2.45, 2.75) is 62.9 Å². The first kappa shape index (κ1) is 17.8. The minimum Gasteiger partial charge on any atom is -0.310 e. The highest BCUT2D eigenvalue weighted by atomic mass is 32.2. The molecule has 3 nitrogen and oxygen atoms in total. The van der Waals surface area contributed by atoms with Crippen LogP contribution in [0.25, 0.3) is 0 Å². The van der Waals surface area contributed by atoms with E-state index in [4.69, 9.17) is 5.14 Å². The molecule has 0 amide bonds. The summed E-state index contributed by atoms with van der Waals surface area (Å²) in [5, 5.41) is 9.07. The number of nitrogens with zero attached hydrogens (tertiary/aromatic N) is 1. The minimum atomic E-state index is 0.744. The smallest absolute Gasteiger partial charge is 0.0226 e. The van der Waals surface area contributed by atoms with Crippen molar-refractivity contribution in [3.05, 3.63) is 29.8 Å². The van der Waals surface area contributed by atoms with E-state index >= 15 is 0 Å². The number of benzene rings is 1. The van der Waals surface area contributed by atoms with Crippen LogP contribution in [0.2, 0.25) is 0 Å². The van der Waals surface area contributed by atoms with Gasteiger partial charge in [-0.1, -0.05) is 31.9 Å². The van der Waals surface area contributed by atoms with Crippen LogP contribution in [0.5, 0.6) is 0 Å². The lowest BCUT2D eigenvalue weighted by molar-refractivity contribution is 0.359. The maximum Gasteiger partial charge on any atom is 0.0226 e. The molecule has 0 unspecified atom stereocenters. The van der Waals surface area contributed by atoms with E-state index in [9.17, 15) is 0 Å². The summed E-state index contributed by atoms with van der Waals surface area (Å²) in [4.78, 5) is 3.61. The number of hydrogen-bond donors (Lipinski definition) is 2. The summed E-state index contributed by atoms with van der Waals surface area (Å²) in [5.74, 6) is 0. The van der Waals surface area contributed by atoms with Crippen LogP contribution in [-0.4, -0.2) is 30.6 Å². The molecule has 22 heavy (non-hydrogen) atoms. The maximum atomic E-state index is 5.47. The van der Waals surface area contributed by atoms with Gasteiger partial charge in [-0.05, 0) is 75.0 Å². The minimum absolute atomic E-state index is 0.744.